The van der Waals surface area contributed by atoms with Gasteiger partial charge in [0.2, 0.25) is 0 Å². The van der Waals surface area contributed by atoms with Crippen molar-refractivity contribution in [3.05, 3.63) is 69.9 Å². The van der Waals surface area contributed by atoms with Crippen LogP contribution in [-0.4, -0.2) is 55.7 Å². The number of aryl methyl sites for hydroxylation is 1. The second-order valence-electron chi connectivity index (χ2n) is 8.06. The average Bonchev–Trinajstić information content (AvgIpc) is 3.17. The summed E-state index contributed by atoms with van der Waals surface area (Å²) in [4.78, 5) is 34.9. The highest BCUT2D eigenvalue weighted by Crippen LogP contribution is 2.32. The van der Waals surface area contributed by atoms with E-state index in [0.717, 1.165) is 12.1 Å². The number of amides is 2. The monoisotopic (exact) mass is 510 g/mol. The fourth-order valence-corrected chi connectivity index (χ4v) is 3.76. The van der Waals surface area contributed by atoms with Crippen molar-refractivity contribution in [3.63, 3.8) is 0 Å². The quantitative estimate of drug-likeness (QED) is 0.525. The van der Waals surface area contributed by atoms with Gasteiger partial charge in [-0.05, 0) is 44.2 Å². The number of nitrogens with one attached hydrogen (secondary N) is 1. The number of carbonyl (C=O) groups is 2. The molecule has 3 aromatic rings. The Labute approximate surface area is 201 Å². The van der Waals surface area contributed by atoms with Gasteiger partial charge < -0.3 is 10.2 Å². The molecule has 8 nitrogen and oxygen atoms in total. The summed E-state index contributed by atoms with van der Waals surface area (Å²) in [6, 6.07) is 4.85. The molecule has 1 fully saturated rings. The molecule has 3 heterocycles. The molecule has 2 amide bonds. The fraction of sp³-hybridized carbons (Fsp3) is 0.318. The minimum Gasteiger partial charge on any atom is -0.342 e. The molecule has 35 heavy (non-hydrogen) atoms. The average molecular weight is 511 g/mol. The number of benzene rings is 1. The first-order chi connectivity index (χ1) is 16.4. The third kappa shape index (κ3) is 5.26. The number of likely N-dealkylation sites (tertiary alicyclic amines) is 1. The molecular weight excluding hydrogens is 492 g/mol. The van der Waals surface area contributed by atoms with Gasteiger partial charge in [-0.2, -0.15) is 17.9 Å². The standard InChI is InChI=1S/C22H19ClF4N6O2/c1-11(29-20(34)14-5-15(22(25,26)27)7-16(23)6-14)19-30-12(2)31-33(19)18-4-3-13(8-28-18)21(35)32-9-17(24)10-32/h3-8,11,17H,9-10H2,1-2H3,(H,29,34)/t11-/m0/s1. The van der Waals surface area contributed by atoms with Crippen molar-refractivity contribution in [2.45, 2.75) is 32.2 Å². The number of alkyl halides is 4. The van der Waals surface area contributed by atoms with Gasteiger partial charge in [0.25, 0.3) is 11.8 Å². The number of halogens is 5. The van der Waals surface area contributed by atoms with Gasteiger partial charge in [-0.3, -0.25) is 9.59 Å². The van der Waals surface area contributed by atoms with E-state index in [0.29, 0.717) is 17.7 Å². The lowest BCUT2D eigenvalue weighted by Gasteiger charge is -2.34. The Bertz CT molecular complexity index is 1270. The summed E-state index contributed by atoms with van der Waals surface area (Å²) >= 11 is 5.78. The van der Waals surface area contributed by atoms with Gasteiger partial charge in [0.05, 0.1) is 30.3 Å². The van der Waals surface area contributed by atoms with Gasteiger partial charge in [0.15, 0.2) is 11.6 Å². The van der Waals surface area contributed by atoms with Crippen LogP contribution in [0.25, 0.3) is 5.82 Å². The summed E-state index contributed by atoms with van der Waals surface area (Å²) < 4.78 is 53.6. The van der Waals surface area contributed by atoms with Crippen molar-refractivity contribution in [1.29, 1.82) is 0 Å². The Morgan fingerprint density at radius 2 is 1.89 bits per heavy atom. The molecule has 13 heteroatoms. The molecule has 1 aromatic carbocycles. The van der Waals surface area contributed by atoms with Crippen molar-refractivity contribution in [2.24, 2.45) is 0 Å². The number of hydrogen-bond donors (Lipinski definition) is 1. The molecule has 1 N–H and O–H groups in total. The third-order valence-corrected chi connectivity index (χ3v) is 5.51. The minimum atomic E-state index is -4.66. The van der Waals surface area contributed by atoms with Crippen molar-refractivity contribution in [2.75, 3.05) is 13.1 Å². The number of nitrogens with zero attached hydrogens (tertiary/aromatic N) is 5. The lowest BCUT2D eigenvalue weighted by atomic mass is 10.1. The van der Waals surface area contributed by atoms with Crippen LogP contribution in [0, 0.1) is 6.92 Å². The Balaban J connectivity index is 1.54. The van der Waals surface area contributed by atoms with E-state index < -0.39 is 29.9 Å². The number of pyridine rings is 1. The van der Waals surface area contributed by atoms with E-state index >= 15 is 0 Å². The Morgan fingerprint density at radius 1 is 1.17 bits per heavy atom. The van der Waals surface area contributed by atoms with E-state index in [-0.39, 0.29) is 41.0 Å². The molecule has 0 saturated carbocycles. The summed E-state index contributed by atoms with van der Waals surface area (Å²) in [5.74, 6) is -0.198. The molecule has 0 aliphatic carbocycles. The summed E-state index contributed by atoms with van der Waals surface area (Å²) in [6.07, 6.45) is -4.35. The number of rotatable bonds is 5. The Morgan fingerprint density at radius 3 is 2.49 bits per heavy atom. The topological polar surface area (TPSA) is 93.0 Å². The molecule has 1 saturated heterocycles. The molecule has 2 aromatic heterocycles. The van der Waals surface area contributed by atoms with Crippen LogP contribution in [0.2, 0.25) is 5.02 Å². The van der Waals surface area contributed by atoms with Gasteiger partial charge >= 0.3 is 6.18 Å². The maximum Gasteiger partial charge on any atom is 0.416 e. The molecule has 1 atom stereocenters. The second-order valence-corrected chi connectivity index (χ2v) is 8.50. The molecule has 1 aliphatic rings. The van der Waals surface area contributed by atoms with Crippen molar-refractivity contribution in [1.82, 2.24) is 30.0 Å². The minimum absolute atomic E-state index is 0.0430. The van der Waals surface area contributed by atoms with Crippen LogP contribution in [0.1, 0.15) is 50.9 Å². The van der Waals surface area contributed by atoms with E-state index in [2.05, 4.69) is 20.4 Å². The van der Waals surface area contributed by atoms with E-state index in [1.807, 2.05) is 0 Å². The van der Waals surface area contributed by atoms with E-state index in [4.69, 9.17) is 11.6 Å². The smallest absolute Gasteiger partial charge is 0.342 e. The predicted octanol–water partition coefficient (Wildman–Crippen LogP) is 3.93. The lowest BCUT2D eigenvalue weighted by Crippen LogP contribution is -2.51. The van der Waals surface area contributed by atoms with Crippen molar-refractivity contribution >= 4 is 23.4 Å². The number of hydrogen-bond acceptors (Lipinski definition) is 5. The summed E-state index contributed by atoms with van der Waals surface area (Å²) in [7, 11) is 0. The first-order valence-electron chi connectivity index (χ1n) is 10.4. The van der Waals surface area contributed by atoms with E-state index in [1.54, 1.807) is 13.8 Å². The second kappa shape index (κ2) is 9.25. The van der Waals surface area contributed by atoms with Crippen LogP contribution in [0.5, 0.6) is 0 Å². The van der Waals surface area contributed by atoms with Crippen LogP contribution >= 0.6 is 11.6 Å². The Kier molecular flexibility index (Phi) is 6.50. The molecular formula is C22H19ClF4N6O2. The number of aromatic nitrogens is 4. The zero-order valence-electron chi connectivity index (χ0n) is 18.5. The SMILES string of the molecule is Cc1nc([C@H](C)NC(=O)c2cc(Cl)cc(C(F)(F)F)c2)n(-c2ccc(C(=O)N3CC(F)C3)cn2)n1. The maximum absolute atomic E-state index is 13.1. The number of carbonyl (C=O) groups excluding carboxylic acids is 2. The van der Waals surface area contributed by atoms with Gasteiger partial charge in [-0.15, -0.1) is 5.10 Å². The molecule has 0 bridgehead atoms. The van der Waals surface area contributed by atoms with Gasteiger partial charge in [-0.1, -0.05) is 11.6 Å². The van der Waals surface area contributed by atoms with E-state index in [1.165, 1.54) is 27.9 Å². The lowest BCUT2D eigenvalue weighted by molar-refractivity contribution is -0.137. The molecule has 4 rings (SSSR count). The Hall–Kier alpha value is -3.54. The van der Waals surface area contributed by atoms with Crippen molar-refractivity contribution in [3.8, 4) is 5.82 Å². The first-order valence-corrected chi connectivity index (χ1v) is 10.8. The normalized spacial score (nSPS) is 15.0. The highest BCUT2D eigenvalue weighted by molar-refractivity contribution is 6.31. The maximum atomic E-state index is 13.1. The molecule has 0 spiro atoms. The zero-order valence-corrected chi connectivity index (χ0v) is 19.2. The van der Waals surface area contributed by atoms with Crippen molar-refractivity contribution < 1.29 is 27.2 Å². The van der Waals surface area contributed by atoms with Gasteiger partial charge in [0.1, 0.15) is 12.0 Å². The molecule has 1 aliphatic heterocycles. The van der Waals surface area contributed by atoms with Crippen LogP contribution in [-0.2, 0) is 6.18 Å². The third-order valence-electron chi connectivity index (χ3n) is 5.30. The van der Waals surface area contributed by atoms with Gasteiger partial charge in [0, 0.05) is 16.8 Å². The van der Waals surface area contributed by atoms with Crippen LogP contribution in [0.3, 0.4) is 0 Å². The summed E-state index contributed by atoms with van der Waals surface area (Å²) in [6.45, 7) is 3.29. The highest BCUT2D eigenvalue weighted by atomic mass is 35.5. The van der Waals surface area contributed by atoms with E-state index in [9.17, 15) is 27.2 Å². The first kappa shape index (κ1) is 24.6. The van der Waals surface area contributed by atoms with Crippen LogP contribution < -0.4 is 5.32 Å². The summed E-state index contributed by atoms with van der Waals surface area (Å²) in [5.41, 5.74) is -1.02. The van der Waals surface area contributed by atoms with Crippen LogP contribution in [0.4, 0.5) is 17.6 Å². The highest BCUT2D eigenvalue weighted by Gasteiger charge is 2.32. The van der Waals surface area contributed by atoms with Crippen LogP contribution in [0.15, 0.2) is 36.5 Å². The molecule has 0 unspecified atom stereocenters. The summed E-state index contributed by atoms with van der Waals surface area (Å²) in [5, 5.41) is 6.63. The molecule has 184 valence electrons. The van der Waals surface area contributed by atoms with Gasteiger partial charge in [-0.25, -0.2) is 14.4 Å². The fourth-order valence-electron chi connectivity index (χ4n) is 3.52. The molecule has 0 radical (unpaired) electrons. The largest absolute Gasteiger partial charge is 0.416 e. The zero-order chi connectivity index (χ0) is 25.5. The predicted molar refractivity (Wildman–Crippen MR) is 117 cm³/mol.